The van der Waals surface area contributed by atoms with Crippen molar-refractivity contribution in [2.75, 3.05) is 0 Å². The minimum Gasteiger partial charge on any atom is -0.333 e. The molecule has 2 N–H and O–H groups in total. The molecule has 4 nitrogen and oxygen atoms in total. The molecule has 10 heavy (non-hydrogen) atoms. The molecule has 0 aliphatic carbocycles. The van der Waals surface area contributed by atoms with Gasteiger partial charge in [-0.1, -0.05) is 21.6 Å². The summed E-state index contributed by atoms with van der Waals surface area (Å²) in [5, 5.41) is 4.37. The van der Waals surface area contributed by atoms with E-state index in [0.29, 0.717) is 0 Å². The van der Waals surface area contributed by atoms with E-state index in [1.165, 1.54) is 21.6 Å². The fourth-order valence-electron chi connectivity index (χ4n) is 0.788. The lowest BCUT2D eigenvalue weighted by Crippen LogP contribution is -2.61. The Bertz CT molecular complexity index is 185. The van der Waals surface area contributed by atoms with Gasteiger partial charge in [0.25, 0.3) is 11.8 Å². The quantitative estimate of drug-likeness (QED) is 0.478. The Kier molecular flexibility index (Phi) is 1.31. The average Bonchev–Trinajstić information content (AvgIpc) is 1.91. The third-order valence-corrected chi connectivity index (χ3v) is 3.92. The number of fused-ring (bicyclic) bond motifs is 3. The number of carbonyl (C=O) groups is 2. The largest absolute Gasteiger partial charge is 0.333 e. The van der Waals surface area contributed by atoms with E-state index in [4.69, 9.17) is 0 Å². The van der Waals surface area contributed by atoms with Crippen molar-refractivity contribution in [2.45, 2.75) is 10.7 Å². The summed E-state index contributed by atoms with van der Waals surface area (Å²) in [6.07, 6.45) is 0. The van der Waals surface area contributed by atoms with E-state index in [1.807, 2.05) is 0 Å². The van der Waals surface area contributed by atoms with Gasteiger partial charge in [-0.2, -0.15) is 0 Å². The zero-order chi connectivity index (χ0) is 7.14. The van der Waals surface area contributed by atoms with E-state index in [-0.39, 0.29) is 22.6 Å². The molecule has 0 aromatic carbocycles. The van der Waals surface area contributed by atoms with Crippen LogP contribution in [0.25, 0.3) is 0 Å². The third kappa shape index (κ3) is 0.791. The molecule has 0 saturated carbocycles. The maximum Gasteiger partial charge on any atom is 0.255 e. The summed E-state index contributed by atoms with van der Waals surface area (Å²) in [5.41, 5.74) is 0. The first kappa shape index (κ1) is 6.36. The fourth-order valence-corrected chi connectivity index (χ4v) is 3.13. The molecule has 6 heteroatoms. The van der Waals surface area contributed by atoms with Gasteiger partial charge in [-0.05, 0) is 0 Å². The number of piperazine rings is 1. The predicted molar refractivity (Wildman–Crippen MR) is 39.0 cm³/mol. The molecule has 54 valence electrons. The summed E-state index contributed by atoms with van der Waals surface area (Å²) in [4.78, 5) is 21.7. The van der Waals surface area contributed by atoms with E-state index in [0.717, 1.165) is 0 Å². The van der Waals surface area contributed by atoms with Gasteiger partial charge in [0.15, 0.2) is 10.7 Å². The first-order chi connectivity index (χ1) is 4.77. The van der Waals surface area contributed by atoms with E-state index >= 15 is 0 Å². The van der Waals surface area contributed by atoms with Crippen molar-refractivity contribution in [1.82, 2.24) is 10.6 Å². The highest BCUT2D eigenvalue weighted by atomic mass is 33.1. The number of hydrogen-bond acceptors (Lipinski definition) is 4. The van der Waals surface area contributed by atoms with Gasteiger partial charge in [0.2, 0.25) is 0 Å². The van der Waals surface area contributed by atoms with E-state index < -0.39 is 0 Å². The van der Waals surface area contributed by atoms with Crippen LogP contribution in [0, 0.1) is 0 Å². The second-order valence-corrected chi connectivity index (χ2v) is 4.45. The highest BCUT2D eigenvalue weighted by Crippen LogP contribution is 2.36. The van der Waals surface area contributed by atoms with Crippen LogP contribution < -0.4 is 10.6 Å². The molecular weight excluding hydrogens is 172 g/mol. The zero-order valence-electron chi connectivity index (χ0n) is 4.79. The van der Waals surface area contributed by atoms with Gasteiger partial charge in [0.05, 0.1) is 0 Å². The fraction of sp³-hybridized carbons (Fsp3) is 0.500. The van der Waals surface area contributed by atoms with Gasteiger partial charge in [-0.3, -0.25) is 9.59 Å². The molecule has 2 bridgehead atoms. The summed E-state index contributed by atoms with van der Waals surface area (Å²) in [7, 11) is 2.80. The van der Waals surface area contributed by atoms with Crippen molar-refractivity contribution < 1.29 is 9.59 Å². The number of nitrogens with one attached hydrogen (secondary N) is 2. The third-order valence-electron chi connectivity index (χ3n) is 1.27. The first-order valence-corrected chi connectivity index (χ1v) is 4.98. The average molecular weight is 176 g/mol. The van der Waals surface area contributed by atoms with Crippen molar-refractivity contribution in [3.8, 4) is 0 Å². The lowest BCUT2D eigenvalue weighted by molar-refractivity contribution is -0.132. The molecular formula is C4H4N2O2S2. The van der Waals surface area contributed by atoms with Crippen LogP contribution in [-0.2, 0) is 9.59 Å². The Morgan fingerprint density at radius 3 is 1.60 bits per heavy atom. The number of amides is 2. The minimum atomic E-state index is -0.373. The molecule has 2 amide bonds. The summed E-state index contributed by atoms with van der Waals surface area (Å²) in [6, 6.07) is 0. The monoisotopic (exact) mass is 176 g/mol. The van der Waals surface area contributed by atoms with Crippen LogP contribution in [0.3, 0.4) is 0 Å². The molecule has 0 aromatic rings. The smallest absolute Gasteiger partial charge is 0.255 e. The normalized spacial score (nSPS) is 37.2. The zero-order valence-corrected chi connectivity index (χ0v) is 6.42. The molecule has 3 aliphatic heterocycles. The summed E-state index contributed by atoms with van der Waals surface area (Å²) >= 11 is 0. The molecule has 3 aliphatic rings. The van der Waals surface area contributed by atoms with E-state index in [1.54, 1.807) is 0 Å². The number of carbonyl (C=O) groups excluding carboxylic acids is 2. The second-order valence-electron chi connectivity index (χ2n) is 1.97. The highest BCUT2D eigenvalue weighted by Gasteiger charge is 2.40. The van der Waals surface area contributed by atoms with Crippen molar-refractivity contribution in [2.24, 2.45) is 0 Å². The molecule has 0 aromatic heterocycles. The predicted octanol–water partition coefficient (Wildman–Crippen LogP) is -0.720. The van der Waals surface area contributed by atoms with Gasteiger partial charge in [0, 0.05) is 0 Å². The van der Waals surface area contributed by atoms with Crippen LogP contribution in [0.1, 0.15) is 0 Å². The summed E-state index contributed by atoms with van der Waals surface area (Å²) in [6.45, 7) is 0. The van der Waals surface area contributed by atoms with E-state index in [2.05, 4.69) is 10.6 Å². The molecule has 0 spiro atoms. The maximum atomic E-state index is 10.8. The lowest BCUT2D eigenvalue weighted by atomic mass is 10.4. The van der Waals surface area contributed by atoms with E-state index in [9.17, 15) is 9.59 Å². The summed E-state index contributed by atoms with van der Waals surface area (Å²) in [5.74, 6) is -0.179. The van der Waals surface area contributed by atoms with Crippen LogP contribution in [0.4, 0.5) is 0 Å². The number of hydrogen-bond donors (Lipinski definition) is 2. The first-order valence-electron chi connectivity index (χ1n) is 2.70. The van der Waals surface area contributed by atoms with Gasteiger partial charge in [-0.25, -0.2) is 0 Å². The molecule has 2 atom stereocenters. The second kappa shape index (κ2) is 2.06. The highest BCUT2D eigenvalue weighted by molar-refractivity contribution is 8.77. The van der Waals surface area contributed by atoms with Crippen molar-refractivity contribution in [3.05, 3.63) is 0 Å². The van der Waals surface area contributed by atoms with Crippen LogP contribution in [-0.4, -0.2) is 22.6 Å². The van der Waals surface area contributed by atoms with Gasteiger partial charge < -0.3 is 10.6 Å². The Morgan fingerprint density at radius 2 is 1.40 bits per heavy atom. The van der Waals surface area contributed by atoms with Gasteiger partial charge >= 0.3 is 0 Å². The lowest BCUT2D eigenvalue weighted by Gasteiger charge is -2.33. The maximum absolute atomic E-state index is 10.8. The molecule has 3 heterocycles. The molecule has 3 saturated heterocycles. The molecule has 3 fully saturated rings. The van der Waals surface area contributed by atoms with Gasteiger partial charge in [0.1, 0.15) is 0 Å². The topological polar surface area (TPSA) is 58.2 Å². The Morgan fingerprint density at radius 1 is 1.00 bits per heavy atom. The Labute approximate surface area is 64.9 Å². The minimum absolute atomic E-state index is 0.0895. The Hall–Kier alpha value is -0.360. The molecule has 0 unspecified atom stereocenters. The SMILES string of the molecule is O=C1N[C@H]2SS[C@H]1NC2=O. The Balaban J connectivity index is 2.23. The van der Waals surface area contributed by atoms with Crippen LogP contribution in [0.5, 0.6) is 0 Å². The van der Waals surface area contributed by atoms with Crippen molar-refractivity contribution in [3.63, 3.8) is 0 Å². The number of rotatable bonds is 0. The van der Waals surface area contributed by atoms with Crippen molar-refractivity contribution >= 4 is 33.4 Å². The van der Waals surface area contributed by atoms with Gasteiger partial charge in [-0.15, -0.1) is 0 Å². The summed E-state index contributed by atoms with van der Waals surface area (Å²) < 4.78 is 0. The van der Waals surface area contributed by atoms with Crippen molar-refractivity contribution in [1.29, 1.82) is 0 Å². The standard InChI is InChI=1S/C4H4N2O2S2/c7-1-3-6-2(8)4(5-1)10-9-3/h3-4H,(H,5,7)(H,6,8)/t3-,4+. The van der Waals surface area contributed by atoms with Crippen LogP contribution >= 0.6 is 21.6 Å². The molecule has 3 rings (SSSR count). The molecule has 0 radical (unpaired) electrons. The van der Waals surface area contributed by atoms with Crippen LogP contribution in [0.15, 0.2) is 0 Å². The van der Waals surface area contributed by atoms with Crippen LogP contribution in [0.2, 0.25) is 0 Å².